The van der Waals surface area contributed by atoms with Crippen LogP contribution in [0.5, 0.6) is 0 Å². The fourth-order valence-electron chi connectivity index (χ4n) is 2.61. The van der Waals surface area contributed by atoms with E-state index < -0.39 is 5.60 Å². The molecule has 0 aliphatic carbocycles. The van der Waals surface area contributed by atoms with E-state index in [-0.39, 0.29) is 0 Å². The van der Waals surface area contributed by atoms with Crippen molar-refractivity contribution in [1.29, 1.82) is 0 Å². The molecular formula is C12H23NO3. The lowest BCUT2D eigenvalue weighted by Crippen LogP contribution is -2.47. The van der Waals surface area contributed by atoms with Gasteiger partial charge in [0.2, 0.25) is 0 Å². The summed E-state index contributed by atoms with van der Waals surface area (Å²) in [4.78, 5) is 2.20. The van der Waals surface area contributed by atoms with Crippen LogP contribution in [0.1, 0.15) is 25.7 Å². The van der Waals surface area contributed by atoms with Crippen LogP contribution >= 0.6 is 0 Å². The Hall–Kier alpha value is -0.160. The van der Waals surface area contributed by atoms with Gasteiger partial charge in [-0.2, -0.15) is 0 Å². The van der Waals surface area contributed by atoms with Gasteiger partial charge in [0, 0.05) is 45.8 Å². The second-order valence-corrected chi connectivity index (χ2v) is 5.17. The van der Waals surface area contributed by atoms with E-state index in [1.165, 1.54) is 6.42 Å². The fraction of sp³-hybridized carbons (Fsp3) is 1.00. The lowest BCUT2D eigenvalue weighted by molar-refractivity contribution is -0.0803. The van der Waals surface area contributed by atoms with E-state index in [4.69, 9.17) is 9.47 Å². The van der Waals surface area contributed by atoms with Gasteiger partial charge < -0.3 is 19.5 Å². The topological polar surface area (TPSA) is 41.9 Å². The highest BCUT2D eigenvalue weighted by Crippen LogP contribution is 2.22. The molecule has 2 heterocycles. The van der Waals surface area contributed by atoms with Gasteiger partial charge in [-0.1, -0.05) is 0 Å². The van der Waals surface area contributed by atoms with Crippen molar-refractivity contribution in [2.24, 2.45) is 0 Å². The van der Waals surface area contributed by atoms with Crippen LogP contribution in [-0.2, 0) is 9.47 Å². The van der Waals surface area contributed by atoms with Crippen LogP contribution in [0.15, 0.2) is 0 Å². The average molecular weight is 229 g/mol. The van der Waals surface area contributed by atoms with Crippen molar-refractivity contribution in [2.75, 3.05) is 40.0 Å². The van der Waals surface area contributed by atoms with Gasteiger partial charge in [0.1, 0.15) is 0 Å². The summed E-state index contributed by atoms with van der Waals surface area (Å²) in [6.07, 6.45) is 4.21. The first-order chi connectivity index (χ1) is 7.68. The highest BCUT2D eigenvalue weighted by molar-refractivity contribution is 4.84. The molecular weight excluding hydrogens is 206 g/mol. The Balaban J connectivity index is 1.74. The second-order valence-electron chi connectivity index (χ2n) is 5.17. The number of hydrogen-bond acceptors (Lipinski definition) is 4. The molecule has 0 aromatic carbocycles. The maximum Gasteiger partial charge on any atom is 0.0817 e. The summed E-state index contributed by atoms with van der Waals surface area (Å²) in [6, 6.07) is 0. The highest BCUT2D eigenvalue weighted by atomic mass is 16.5. The lowest BCUT2D eigenvalue weighted by Gasteiger charge is -2.36. The maximum atomic E-state index is 10.4. The van der Waals surface area contributed by atoms with Gasteiger partial charge in [0.05, 0.1) is 11.7 Å². The van der Waals surface area contributed by atoms with Crippen LogP contribution < -0.4 is 0 Å². The van der Waals surface area contributed by atoms with Gasteiger partial charge in [-0.05, 0) is 19.9 Å². The first kappa shape index (κ1) is 12.3. The molecule has 0 aromatic heterocycles. The van der Waals surface area contributed by atoms with E-state index in [9.17, 15) is 5.11 Å². The van der Waals surface area contributed by atoms with Crippen molar-refractivity contribution >= 4 is 0 Å². The summed E-state index contributed by atoms with van der Waals surface area (Å²) in [5, 5.41) is 10.4. The van der Waals surface area contributed by atoms with Crippen LogP contribution in [0.3, 0.4) is 0 Å². The summed E-state index contributed by atoms with van der Waals surface area (Å²) >= 11 is 0. The van der Waals surface area contributed by atoms with Gasteiger partial charge in [0.15, 0.2) is 0 Å². The Labute approximate surface area is 97.5 Å². The molecule has 4 nitrogen and oxygen atoms in total. The average Bonchev–Trinajstić information content (AvgIpc) is 2.70. The fourth-order valence-corrected chi connectivity index (χ4v) is 2.61. The molecule has 0 aromatic rings. The Bertz CT molecular complexity index is 210. The van der Waals surface area contributed by atoms with E-state index in [2.05, 4.69) is 11.9 Å². The molecule has 2 saturated heterocycles. The van der Waals surface area contributed by atoms with Gasteiger partial charge >= 0.3 is 0 Å². The standard InChI is InChI=1S/C12H23NO3/c1-13(9-11-3-2-6-16-11)10-12(14)4-7-15-8-5-12/h11,14H,2-10H2,1H3. The maximum absolute atomic E-state index is 10.4. The quantitative estimate of drug-likeness (QED) is 0.768. The Kier molecular flexibility index (Phi) is 4.19. The summed E-state index contributed by atoms with van der Waals surface area (Å²) < 4.78 is 10.9. The summed E-state index contributed by atoms with van der Waals surface area (Å²) in [6.45, 7) is 3.94. The van der Waals surface area contributed by atoms with Crippen molar-refractivity contribution in [3.8, 4) is 0 Å². The summed E-state index contributed by atoms with van der Waals surface area (Å²) in [7, 11) is 2.06. The molecule has 0 bridgehead atoms. The van der Waals surface area contributed by atoms with Crippen LogP contribution in [0, 0.1) is 0 Å². The number of ether oxygens (including phenoxy) is 2. The summed E-state index contributed by atoms with van der Waals surface area (Å²) in [5.41, 5.74) is -0.550. The van der Waals surface area contributed by atoms with Gasteiger partial charge in [-0.15, -0.1) is 0 Å². The smallest absolute Gasteiger partial charge is 0.0817 e. The molecule has 2 rings (SSSR count). The zero-order valence-electron chi connectivity index (χ0n) is 10.2. The molecule has 1 N–H and O–H groups in total. The van der Waals surface area contributed by atoms with Crippen LogP contribution in [-0.4, -0.2) is 61.7 Å². The Morgan fingerprint density at radius 2 is 2.06 bits per heavy atom. The van der Waals surface area contributed by atoms with Crippen LogP contribution in [0.4, 0.5) is 0 Å². The second kappa shape index (κ2) is 5.45. The largest absolute Gasteiger partial charge is 0.388 e. The molecule has 0 amide bonds. The van der Waals surface area contributed by atoms with E-state index in [0.29, 0.717) is 19.3 Å². The van der Waals surface area contributed by atoms with Gasteiger partial charge in [-0.25, -0.2) is 0 Å². The monoisotopic (exact) mass is 229 g/mol. The number of hydrogen-bond donors (Lipinski definition) is 1. The molecule has 2 aliphatic rings. The third-order valence-electron chi connectivity index (χ3n) is 3.53. The molecule has 94 valence electrons. The normalized spacial score (nSPS) is 29.8. The van der Waals surface area contributed by atoms with Crippen molar-refractivity contribution < 1.29 is 14.6 Å². The molecule has 1 unspecified atom stereocenters. The molecule has 0 saturated carbocycles. The number of rotatable bonds is 4. The number of nitrogens with zero attached hydrogens (tertiary/aromatic N) is 1. The first-order valence-electron chi connectivity index (χ1n) is 6.28. The van der Waals surface area contributed by atoms with E-state index >= 15 is 0 Å². The minimum Gasteiger partial charge on any atom is -0.388 e. The van der Waals surface area contributed by atoms with Crippen molar-refractivity contribution in [3.63, 3.8) is 0 Å². The SMILES string of the molecule is CN(CC1CCCO1)CC1(O)CCOCC1. The van der Waals surface area contributed by atoms with Crippen molar-refractivity contribution in [1.82, 2.24) is 4.90 Å². The van der Waals surface area contributed by atoms with Gasteiger partial charge in [-0.3, -0.25) is 0 Å². The predicted molar refractivity (Wildman–Crippen MR) is 61.5 cm³/mol. The van der Waals surface area contributed by atoms with Crippen molar-refractivity contribution in [2.45, 2.75) is 37.4 Å². The molecule has 2 fully saturated rings. The van der Waals surface area contributed by atoms with E-state index in [1.807, 2.05) is 0 Å². The zero-order chi connectivity index (χ0) is 11.4. The lowest BCUT2D eigenvalue weighted by atomic mass is 9.94. The third kappa shape index (κ3) is 3.42. The predicted octanol–water partition coefficient (Wildman–Crippen LogP) is 0.639. The summed E-state index contributed by atoms with van der Waals surface area (Å²) in [5.74, 6) is 0. The van der Waals surface area contributed by atoms with Gasteiger partial charge in [0.25, 0.3) is 0 Å². The molecule has 0 spiro atoms. The molecule has 1 atom stereocenters. The molecule has 4 heteroatoms. The number of likely N-dealkylation sites (N-methyl/N-ethyl adjacent to an activating group) is 1. The van der Waals surface area contributed by atoms with Crippen LogP contribution in [0.2, 0.25) is 0 Å². The van der Waals surface area contributed by atoms with E-state index in [0.717, 1.165) is 39.0 Å². The third-order valence-corrected chi connectivity index (χ3v) is 3.53. The highest BCUT2D eigenvalue weighted by Gasteiger charge is 2.31. The first-order valence-corrected chi connectivity index (χ1v) is 6.28. The molecule has 2 aliphatic heterocycles. The molecule has 0 radical (unpaired) electrons. The van der Waals surface area contributed by atoms with Crippen molar-refractivity contribution in [3.05, 3.63) is 0 Å². The molecule has 16 heavy (non-hydrogen) atoms. The van der Waals surface area contributed by atoms with E-state index in [1.54, 1.807) is 0 Å². The minimum atomic E-state index is -0.550. The number of aliphatic hydroxyl groups is 1. The Morgan fingerprint density at radius 1 is 1.31 bits per heavy atom. The minimum absolute atomic E-state index is 0.369. The zero-order valence-corrected chi connectivity index (χ0v) is 10.2. The van der Waals surface area contributed by atoms with Crippen LogP contribution in [0.25, 0.3) is 0 Å². The Morgan fingerprint density at radius 3 is 2.69 bits per heavy atom.